The highest BCUT2D eigenvalue weighted by molar-refractivity contribution is 9.11. The van der Waals surface area contributed by atoms with Gasteiger partial charge in [-0.25, -0.2) is 4.98 Å². The number of carbonyl (C=O) groups is 1. The van der Waals surface area contributed by atoms with Crippen molar-refractivity contribution >= 4 is 54.2 Å². The van der Waals surface area contributed by atoms with Gasteiger partial charge in [-0.1, -0.05) is 39.4 Å². The van der Waals surface area contributed by atoms with Crippen LogP contribution in [0.4, 0.5) is 5.13 Å². The van der Waals surface area contributed by atoms with E-state index in [2.05, 4.69) is 42.2 Å². The minimum atomic E-state index is -0.183. The fourth-order valence-electron chi connectivity index (χ4n) is 2.60. The molecule has 0 saturated heterocycles. The summed E-state index contributed by atoms with van der Waals surface area (Å²) in [5.74, 6) is -0.183. The van der Waals surface area contributed by atoms with Crippen molar-refractivity contribution in [3.63, 3.8) is 0 Å². The Balaban J connectivity index is 1.51. The van der Waals surface area contributed by atoms with Gasteiger partial charge < -0.3 is 4.57 Å². The summed E-state index contributed by atoms with van der Waals surface area (Å²) in [6, 6.07) is 19.3. The van der Waals surface area contributed by atoms with Gasteiger partial charge in [0.2, 0.25) is 0 Å². The minimum Gasteiger partial charge on any atom is -0.324 e. The van der Waals surface area contributed by atoms with Crippen LogP contribution in [0.15, 0.2) is 81.3 Å². The molecule has 1 amide bonds. The fourth-order valence-corrected chi connectivity index (χ4v) is 4.35. The molecule has 4 aromatic rings. The van der Waals surface area contributed by atoms with Crippen LogP contribution < -0.4 is 5.32 Å². The molecule has 0 radical (unpaired) electrons. The third kappa shape index (κ3) is 4.05. The fraction of sp³-hybridized carbons (Fsp3) is 0. The lowest BCUT2D eigenvalue weighted by Crippen LogP contribution is -2.11. The van der Waals surface area contributed by atoms with Gasteiger partial charge in [0.1, 0.15) is 0 Å². The summed E-state index contributed by atoms with van der Waals surface area (Å²) in [5.41, 5.74) is 3.39. The molecule has 0 spiro atoms. The molecule has 27 heavy (non-hydrogen) atoms. The lowest BCUT2D eigenvalue weighted by atomic mass is 10.2. The van der Waals surface area contributed by atoms with Gasteiger partial charge in [0, 0.05) is 33.7 Å². The van der Waals surface area contributed by atoms with Crippen molar-refractivity contribution in [2.45, 2.75) is 0 Å². The quantitative estimate of drug-likeness (QED) is 0.352. The van der Waals surface area contributed by atoms with Crippen LogP contribution in [0.25, 0.3) is 16.9 Å². The Bertz CT molecular complexity index is 1070. The maximum atomic E-state index is 12.5. The largest absolute Gasteiger partial charge is 0.324 e. The second-order valence-corrected chi connectivity index (χ2v) is 8.97. The highest BCUT2D eigenvalue weighted by Crippen LogP contribution is 2.36. The van der Waals surface area contributed by atoms with E-state index < -0.39 is 0 Å². The first-order chi connectivity index (χ1) is 13.1. The van der Waals surface area contributed by atoms with Crippen LogP contribution in [-0.4, -0.2) is 15.5 Å². The van der Waals surface area contributed by atoms with Crippen molar-refractivity contribution < 1.29 is 4.79 Å². The van der Waals surface area contributed by atoms with Gasteiger partial charge in [0.15, 0.2) is 5.13 Å². The van der Waals surface area contributed by atoms with Gasteiger partial charge in [-0.05, 0) is 64.5 Å². The average Bonchev–Trinajstić information content (AvgIpc) is 3.33. The lowest BCUT2D eigenvalue weighted by Gasteiger charge is -2.05. The number of carbonyl (C=O) groups excluding carboxylic acids is 1. The van der Waals surface area contributed by atoms with E-state index >= 15 is 0 Å². The Morgan fingerprint density at radius 3 is 2.30 bits per heavy atom. The van der Waals surface area contributed by atoms with Gasteiger partial charge in [-0.2, -0.15) is 0 Å². The molecule has 0 unspecified atom stereocenters. The Labute approximate surface area is 177 Å². The van der Waals surface area contributed by atoms with Gasteiger partial charge >= 0.3 is 0 Å². The molecule has 0 aliphatic heterocycles. The first kappa shape index (κ1) is 18.2. The summed E-state index contributed by atoms with van der Waals surface area (Å²) >= 11 is 8.37. The second-order valence-electron chi connectivity index (χ2n) is 5.74. The third-order valence-corrected chi connectivity index (χ3v) is 6.11. The SMILES string of the molecule is O=C(Nc1nc(-c2ccc(Br)cc2)c(Br)s1)c1ccc(-n2cccc2)cc1. The normalized spacial score (nSPS) is 10.7. The van der Waals surface area contributed by atoms with Crippen LogP contribution in [0.2, 0.25) is 0 Å². The van der Waals surface area contributed by atoms with Crippen molar-refractivity contribution in [3.05, 3.63) is 86.9 Å². The van der Waals surface area contributed by atoms with Gasteiger partial charge in [-0.15, -0.1) is 0 Å². The molecule has 1 N–H and O–H groups in total. The average molecular weight is 503 g/mol. The van der Waals surface area contributed by atoms with Crippen molar-refractivity contribution in [2.75, 3.05) is 5.32 Å². The molecular weight excluding hydrogens is 490 g/mol. The topological polar surface area (TPSA) is 46.9 Å². The summed E-state index contributed by atoms with van der Waals surface area (Å²) < 4.78 is 3.88. The summed E-state index contributed by atoms with van der Waals surface area (Å²) in [7, 11) is 0. The maximum absolute atomic E-state index is 12.5. The Kier molecular flexibility index (Phi) is 5.24. The highest BCUT2D eigenvalue weighted by Gasteiger charge is 2.14. The molecule has 0 atom stereocenters. The second kappa shape index (κ2) is 7.80. The summed E-state index contributed by atoms with van der Waals surface area (Å²) in [5, 5.41) is 3.43. The molecule has 2 aromatic heterocycles. The number of rotatable bonds is 4. The van der Waals surface area contributed by atoms with Crippen LogP contribution in [0.5, 0.6) is 0 Å². The molecule has 4 nitrogen and oxygen atoms in total. The molecule has 0 aliphatic rings. The lowest BCUT2D eigenvalue weighted by molar-refractivity contribution is 0.102. The molecule has 134 valence electrons. The standard InChI is InChI=1S/C20H13Br2N3OS/c21-15-7-3-13(4-8-15)17-18(22)27-20(23-17)24-19(26)14-5-9-16(10-6-14)25-11-1-2-12-25/h1-12H,(H,23,24,26). The van der Waals surface area contributed by atoms with Crippen molar-refractivity contribution in [3.8, 4) is 16.9 Å². The Hall–Kier alpha value is -2.22. The third-order valence-electron chi connectivity index (χ3n) is 3.96. The molecule has 2 aromatic carbocycles. The molecular formula is C20H13Br2N3OS. The van der Waals surface area contributed by atoms with E-state index in [1.807, 2.05) is 77.6 Å². The first-order valence-electron chi connectivity index (χ1n) is 8.07. The number of hydrogen-bond acceptors (Lipinski definition) is 3. The Morgan fingerprint density at radius 1 is 0.963 bits per heavy atom. The Morgan fingerprint density at radius 2 is 1.63 bits per heavy atom. The number of aromatic nitrogens is 2. The van der Waals surface area contributed by atoms with Crippen LogP contribution in [0.1, 0.15) is 10.4 Å². The van der Waals surface area contributed by atoms with E-state index in [0.717, 1.165) is 25.2 Å². The van der Waals surface area contributed by atoms with E-state index in [-0.39, 0.29) is 5.91 Å². The molecule has 2 heterocycles. The molecule has 0 fully saturated rings. The van der Waals surface area contributed by atoms with Gasteiger partial charge in [-0.3, -0.25) is 10.1 Å². The van der Waals surface area contributed by atoms with Crippen molar-refractivity contribution in [2.24, 2.45) is 0 Å². The van der Waals surface area contributed by atoms with Crippen LogP contribution in [0, 0.1) is 0 Å². The zero-order chi connectivity index (χ0) is 18.8. The van der Waals surface area contributed by atoms with Crippen molar-refractivity contribution in [1.29, 1.82) is 0 Å². The number of nitrogens with zero attached hydrogens (tertiary/aromatic N) is 2. The van der Waals surface area contributed by atoms with Gasteiger partial charge in [0.25, 0.3) is 5.91 Å². The van der Waals surface area contributed by atoms with E-state index in [9.17, 15) is 4.79 Å². The highest BCUT2D eigenvalue weighted by atomic mass is 79.9. The molecule has 0 saturated carbocycles. The zero-order valence-corrected chi connectivity index (χ0v) is 17.9. The number of hydrogen-bond donors (Lipinski definition) is 1. The molecule has 4 rings (SSSR count). The van der Waals surface area contributed by atoms with E-state index in [0.29, 0.717) is 10.7 Å². The number of thiazole rings is 1. The summed E-state index contributed by atoms with van der Waals surface area (Å²) in [6.07, 6.45) is 3.93. The zero-order valence-electron chi connectivity index (χ0n) is 13.9. The molecule has 0 aliphatic carbocycles. The van der Waals surface area contributed by atoms with E-state index in [1.165, 1.54) is 11.3 Å². The minimum absolute atomic E-state index is 0.183. The summed E-state index contributed by atoms with van der Waals surface area (Å²) in [6.45, 7) is 0. The van der Waals surface area contributed by atoms with Crippen LogP contribution in [0.3, 0.4) is 0 Å². The first-order valence-corrected chi connectivity index (χ1v) is 10.5. The smallest absolute Gasteiger partial charge is 0.257 e. The number of anilines is 1. The van der Waals surface area contributed by atoms with E-state index in [4.69, 9.17) is 0 Å². The molecule has 0 bridgehead atoms. The predicted molar refractivity (Wildman–Crippen MR) is 117 cm³/mol. The van der Waals surface area contributed by atoms with Crippen molar-refractivity contribution in [1.82, 2.24) is 9.55 Å². The number of halogens is 2. The van der Waals surface area contributed by atoms with Crippen LogP contribution >= 0.6 is 43.2 Å². The van der Waals surface area contributed by atoms with E-state index in [1.54, 1.807) is 0 Å². The maximum Gasteiger partial charge on any atom is 0.257 e. The van der Waals surface area contributed by atoms with Gasteiger partial charge in [0.05, 0.1) is 9.48 Å². The monoisotopic (exact) mass is 501 g/mol. The summed E-state index contributed by atoms with van der Waals surface area (Å²) in [4.78, 5) is 17.1. The predicted octanol–water partition coefficient (Wildman–Crippen LogP) is 6.38. The number of benzene rings is 2. The number of nitrogens with one attached hydrogen (secondary N) is 1. The molecule has 7 heteroatoms. The number of amides is 1. The van der Waals surface area contributed by atoms with Crippen LogP contribution in [-0.2, 0) is 0 Å².